The highest BCUT2D eigenvalue weighted by Gasteiger charge is 2.37. The quantitative estimate of drug-likeness (QED) is 0.495. The van der Waals surface area contributed by atoms with Crippen molar-refractivity contribution in [2.45, 2.75) is 24.4 Å². The highest BCUT2D eigenvalue weighted by Crippen LogP contribution is 2.41. The fourth-order valence-corrected chi connectivity index (χ4v) is 2.52. The van der Waals surface area contributed by atoms with Crippen molar-refractivity contribution in [3.63, 3.8) is 0 Å². The smallest absolute Gasteiger partial charge is 0.420 e. The lowest BCUT2D eigenvalue weighted by molar-refractivity contribution is -0.140. The van der Waals surface area contributed by atoms with Crippen LogP contribution in [0, 0.1) is 0 Å². The molecule has 0 amide bonds. The van der Waals surface area contributed by atoms with Crippen LogP contribution in [0.5, 0.6) is 0 Å². The topological polar surface area (TPSA) is 13.1 Å². The van der Waals surface area contributed by atoms with E-state index in [-0.39, 0.29) is 16.4 Å². The van der Waals surface area contributed by atoms with Crippen LogP contribution in [0.2, 0.25) is 0 Å². The largest absolute Gasteiger partial charge is 0.449 e. The normalized spacial score (nSPS) is 12.7. The summed E-state index contributed by atoms with van der Waals surface area (Å²) in [5, 5.41) is -0.287. The van der Waals surface area contributed by atoms with Gasteiger partial charge < -0.3 is 4.42 Å². The van der Waals surface area contributed by atoms with E-state index < -0.39 is 23.5 Å². The summed E-state index contributed by atoms with van der Waals surface area (Å²) in [4.78, 5) is 0. The summed E-state index contributed by atoms with van der Waals surface area (Å²) in [6.45, 7) is 1.67. The molecule has 0 bridgehead atoms. The molecule has 0 aliphatic rings. The maximum Gasteiger partial charge on any atom is 0.420 e. The molecule has 8 heteroatoms. The van der Waals surface area contributed by atoms with Crippen LogP contribution in [0.4, 0.5) is 26.3 Å². The molecule has 1 aromatic heterocycles. The van der Waals surface area contributed by atoms with Crippen LogP contribution < -0.4 is 0 Å². The van der Waals surface area contributed by atoms with Crippen LogP contribution >= 0.6 is 11.8 Å². The summed E-state index contributed by atoms with van der Waals surface area (Å²) in [6.07, 6.45) is -9.08. The van der Waals surface area contributed by atoms with Gasteiger partial charge in [-0.3, -0.25) is 0 Å². The second kappa shape index (κ2) is 5.91. The fourth-order valence-electron chi connectivity index (χ4n) is 1.78. The molecule has 120 valence electrons. The van der Waals surface area contributed by atoms with Crippen molar-refractivity contribution in [3.05, 3.63) is 41.5 Å². The van der Waals surface area contributed by atoms with Crippen LogP contribution in [-0.4, -0.2) is 5.75 Å². The minimum absolute atomic E-state index is 0.114. The molecule has 0 aliphatic heterocycles. The third-order valence-corrected chi connectivity index (χ3v) is 3.63. The zero-order valence-electron chi connectivity index (χ0n) is 11.2. The van der Waals surface area contributed by atoms with E-state index in [1.54, 1.807) is 6.92 Å². The lowest BCUT2D eigenvalue weighted by Gasteiger charge is -2.06. The van der Waals surface area contributed by atoms with Crippen LogP contribution in [0.3, 0.4) is 0 Å². The van der Waals surface area contributed by atoms with Gasteiger partial charge in [-0.15, -0.1) is 0 Å². The average Bonchev–Trinajstić information content (AvgIpc) is 2.82. The van der Waals surface area contributed by atoms with Crippen molar-refractivity contribution in [2.75, 3.05) is 5.75 Å². The van der Waals surface area contributed by atoms with E-state index in [1.807, 2.05) is 0 Å². The molecule has 1 aromatic carbocycles. The average molecular weight is 340 g/mol. The highest BCUT2D eigenvalue weighted by atomic mass is 32.2. The first-order valence-corrected chi connectivity index (χ1v) is 7.13. The summed E-state index contributed by atoms with van der Waals surface area (Å²) in [5.74, 6) is 0.264. The van der Waals surface area contributed by atoms with Crippen LogP contribution in [0.25, 0.3) is 11.3 Å². The minimum Gasteiger partial charge on any atom is -0.449 e. The monoisotopic (exact) mass is 340 g/mol. The summed E-state index contributed by atoms with van der Waals surface area (Å²) in [5.41, 5.74) is -1.64. The Hall–Kier alpha value is -1.57. The molecule has 2 rings (SSSR count). The summed E-state index contributed by atoms with van der Waals surface area (Å²) in [6, 6.07) is 4.58. The zero-order chi connectivity index (χ0) is 16.5. The van der Waals surface area contributed by atoms with Crippen LogP contribution in [-0.2, 0) is 12.4 Å². The van der Waals surface area contributed by atoms with Crippen molar-refractivity contribution in [3.8, 4) is 11.3 Å². The lowest BCUT2D eigenvalue weighted by atomic mass is 10.1. The first kappa shape index (κ1) is 16.8. The Balaban J connectivity index is 2.41. The second-order valence-corrected chi connectivity index (χ2v) is 5.55. The molecule has 0 unspecified atom stereocenters. The number of hydrogen-bond acceptors (Lipinski definition) is 2. The van der Waals surface area contributed by atoms with Gasteiger partial charge in [-0.1, -0.05) is 30.8 Å². The third kappa shape index (κ3) is 3.60. The number of hydrogen-bond donors (Lipinski definition) is 0. The van der Waals surface area contributed by atoms with Gasteiger partial charge in [0, 0.05) is 5.56 Å². The van der Waals surface area contributed by atoms with E-state index in [9.17, 15) is 26.3 Å². The van der Waals surface area contributed by atoms with E-state index in [0.717, 1.165) is 42.1 Å². The Morgan fingerprint density at radius 3 is 2.00 bits per heavy atom. The summed E-state index contributed by atoms with van der Waals surface area (Å²) >= 11 is 0.885. The van der Waals surface area contributed by atoms with Gasteiger partial charge in [0.25, 0.3) is 0 Å². The van der Waals surface area contributed by atoms with Crippen molar-refractivity contribution >= 4 is 11.8 Å². The van der Waals surface area contributed by atoms with Crippen molar-refractivity contribution < 1.29 is 30.8 Å². The molecule has 0 saturated heterocycles. The maximum atomic E-state index is 12.9. The molecule has 0 atom stereocenters. The number of halogens is 6. The molecule has 22 heavy (non-hydrogen) atoms. The predicted molar refractivity (Wildman–Crippen MR) is 70.5 cm³/mol. The van der Waals surface area contributed by atoms with Gasteiger partial charge in [0.15, 0.2) is 5.09 Å². The lowest BCUT2D eigenvalue weighted by Crippen LogP contribution is -2.04. The van der Waals surface area contributed by atoms with E-state index in [4.69, 9.17) is 4.42 Å². The van der Waals surface area contributed by atoms with Crippen LogP contribution in [0.15, 0.2) is 39.8 Å². The number of thioether (sulfide) groups is 1. The third-order valence-electron chi connectivity index (χ3n) is 2.78. The van der Waals surface area contributed by atoms with Crippen molar-refractivity contribution in [1.29, 1.82) is 0 Å². The minimum atomic E-state index is -4.58. The van der Waals surface area contributed by atoms with E-state index in [1.165, 1.54) is 0 Å². The Morgan fingerprint density at radius 2 is 1.55 bits per heavy atom. The Morgan fingerprint density at radius 1 is 0.955 bits per heavy atom. The van der Waals surface area contributed by atoms with Gasteiger partial charge in [0.1, 0.15) is 11.3 Å². The molecule has 1 heterocycles. The Labute approximate surface area is 126 Å². The maximum absolute atomic E-state index is 12.9. The van der Waals surface area contributed by atoms with Gasteiger partial charge in [0.2, 0.25) is 0 Å². The standard InChI is InChI=1S/C14H10F6OS/c1-2-22-12-10(14(18,19)20)7-11(21-12)8-3-5-9(6-4-8)13(15,16)17/h3-7H,2H2,1H3. The zero-order valence-corrected chi connectivity index (χ0v) is 12.0. The Bertz CT molecular complexity index is 639. The number of rotatable bonds is 3. The van der Waals surface area contributed by atoms with E-state index in [2.05, 4.69) is 0 Å². The molecule has 0 fully saturated rings. The number of furan rings is 1. The fraction of sp³-hybridized carbons (Fsp3) is 0.286. The van der Waals surface area contributed by atoms with Gasteiger partial charge in [0.05, 0.1) is 5.56 Å². The first-order valence-electron chi connectivity index (χ1n) is 6.14. The second-order valence-electron chi connectivity index (χ2n) is 4.32. The van der Waals surface area contributed by atoms with E-state index in [0.29, 0.717) is 5.75 Å². The Kier molecular flexibility index (Phi) is 4.51. The molecular weight excluding hydrogens is 330 g/mol. The first-order chi connectivity index (χ1) is 10.1. The highest BCUT2D eigenvalue weighted by molar-refractivity contribution is 7.99. The number of benzene rings is 1. The molecule has 1 nitrogen and oxygen atoms in total. The van der Waals surface area contributed by atoms with Crippen molar-refractivity contribution in [1.82, 2.24) is 0 Å². The summed E-state index contributed by atoms with van der Waals surface area (Å²) < 4.78 is 81.3. The summed E-state index contributed by atoms with van der Waals surface area (Å²) in [7, 11) is 0. The molecule has 0 radical (unpaired) electrons. The molecule has 2 aromatic rings. The molecular formula is C14H10F6OS. The van der Waals surface area contributed by atoms with Gasteiger partial charge >= 0.3 is 12.4 Å². The molecule has 0 N–H and O–H groups in total. The van der Waals surface area contributed by atoms with Crippen LogP contribution in [0.1, 0.15) is 18.1 Å². The SMILES string of the molecule is CCSc1oc(-c2ccc(C(F)(F)F)cc2)cc1C(F)(F)F. The molecule has 0 saturated carbocycles. The van der Waals surface area contributed by atoms with Gasteiger partial charge in [-0.25, -0.2) is 0 Å². The molecule has 0 spiro atoms. The van der Waals surface area contributed by atoms with E-state index >= 15 is 0 Å². The van der Waals surface area contributed by atoms with Gasteiger partial charge in [-0.05, 0) is 24.0 Å². The molecule has 0 aliphatic carbocycles. The van der Waals surface area contributed by atoms with Crippen molar-refractivity contribution in [2.24, 2.45) is 0 Å². The van der Waals surface area contributed by atoms with Gasteiger partial charge in [-0.2, -0.15) is 26.3 Å². The predicted octanol–water partition coefficient (Wildman–Crippen LogP) is 6.10. The number of alkyl halides is 6.